The van der Waals surface area contributed by atoms with Crippen LogP contribution in [0.4, 0.5) is 0 Å². The zero-order valence-corrected chi connectivity index (χ0v) is 13.7. The molecule has 0 rings (SSSR count). The van der Waals surface area contributed by atoms with Gasteiger partial charge in [-0.2, -0.15) is 8.42 Å². The number of rotatable bonds is 14. The van der Waals surface area contributed by atoms with E-state index < -0.39 is 10.4 Å². The van der Waals surface area contributed by atoms with Gasteiger partial charge < -0.3 is 4.74 Å². The lowest BCUT2D eigenvalue weighted by atomic mass is 10.1. The van der Waals surface area contributed by atoms with Gasteiger partial charge in [-0.25, -0.2) is 4.18 Å². The topological polar surface area (TPSA) is 89.9 Å². The van der Waals surface area contributed by atoms with Gasteiger partial charge in [-0.3, -0.25) is 9.35 Å². The van der Waals surface area contributed by atoms with Crippen LogP contribution in [0.15, 0.2) is 0 Å². The van der Waals surface area contributed by atoms with Gasteiger partial charge in [-0.1, -0.05) is 58.3 Å². The Hall–Kier alpha value is -0.660. The fourth-order valence-electron chi connectivity index (χ4n) is 1.95. The quantitative estimate of drug-likeness (QED) is 0.300. The Kier molecular flexibility index (Phi) is 12.6. The fourth-order valence-corrected chi connectivity index (χ4v) is 2.23. The zero-order chi connectivity index (χ0) is 16.0. The van der Waals surface area contributed by atoms with Crippen LogP contribution in [0.2, 0.25) is 0 Å². The molecule has 21 heavy (non-hydrogen) atoms. The third-order valence-corrected chi connectivity index (χ3v) is 3.53. The largest absolute Gasteiger partial charge is 0.463 e. The van der Waals surface area contributed by atoms with Crippen LogP contribution >= 0.6 is 0 Å². The van der Waals surface area contributed by atoms with Gasteiger partial charge in [0.05, 0.1) is 0 Å². The Morgan fingerprint density at radius 1 is 0.905 bits per heavy atom. The van der Waals surface area contributed by atoms with Gasteiger partial charge in [0.1, 0.15) is 13.2 Å². The van der Waals surface area contributed by atoms with Gasteiger partial charge in [-0.05, 0) is 6.42 Å². The average molecular weight is 324 g/mol. The van der Waals surface area contributed by atoms with Crippen LogP contribution in [0, 0.1) is 0 Å². The van der Waals surface area contributed by atoms with E-state index in [0.717, 1.165) is 19.3 Å². The smallest absolute Gasteiger partial charge is 0.397 e. The molecule has 0 aromatic rings. The molecule has 0 amide bonds. The van der Waals surface area contributed by atoms with Crippen molar-refractivity contribution in [1.82, 2.24) is 0 Å². The van der Waals surface area contributed by atoms with Crippen molar-refractivity contribution in [3.63, 3.8) is 0 Å². The lowest BCUT2D eigenvalue weighted by Crippen LogP contribution is -2.13. The number of carbonyl (C=O) groups is 1. The Morgan fingerprint density at radius 2 is 1.43 bits per heavy atom. The van der Waals surface area contributed by atoms with Crippen LogP contribution in [0.3, 0.4) is 0 Å². The van der Waals surface area contributed by atoms with Crippen molar-refractivity contribution in [2.24, 2.45) is 0 Å². The van der Waals surface area contributed by atoms with Gasteiger partial charge in [0.25, 0.3) is 0 Å². The average Bonchev–Trinajstić information content (AvgIpc) is 2.41. The minimum atomic E-state index is -4.45. The number of carbonyl (C=O) groups excluding carboxylic acids is 1. The van der Waals surface area contributed by atoms with E-state index in [2.05, 4.69) is 11.1 Å². The van der Waals surface area contributed by atoms with Crippen molar-refractivity contribution in [2.45, 2.75) is 71.1 Å². The monoisotopic (exact) mass is 324 g/mol. The molecule has 0 aliphatic carbocycles. The predicted octanol–water partition coefficient (Wildman–Crippen LogP) is 3.27. The van der Waals surface area contributed by atoms with Crippen molar-refractivity contribution >= 4 is 16.4 Å². The summed E-state index contributed by atoms with van der Waals surface area (Å²) in [6.45, 7) is 1.67. The molecule has 0 aliphatic heterocycles. The third-order valence-electron chi connectivity index (χ3n) is 3.06. The van der Waals surface area contributed by atoms with E-state index in [0.29, 0.717) is 6.42 Å². The van der Waals surface area contributed by atoms with Crippen LogP contribution in [0.1, 0.15) is 71.1 Å². The number of esters is 1. The maximum Gasteiger partial charge on any atom is 0.397 e. The van der Waals surface area contributed by atoms with E-state index in [1.807, 2.05) is 0 Å². The predicted molar refractivity (Wildman–Crippen MR) is 80.3 cm³/mol. The van der Waals surface area contributed by atoms with E-state index in [-0.39, 0.29) is 19.2 Å². The molecule has 0 aromatic heterocycles. The van der Waals surface area contributed by atoms with E-state index in [1.165, 1.54) is 38.5 Å². The molecule has 0 spiro atoms. The van der Waals surface area contributed by atoms with Crippen molar-refractivity contribution < 1.29 is 26.7 Å². The van der Waals surface area contributed by atoms with E-state index >= 15 is 0 Å². The summed E-state index contributed by atoms with van der Waals surface area (Å²) in [5, 5.41) is 0. The third kappa shape index (κ3) is 17.3. The van der Waals surface area contributed by atoms with Crippen LogP contribution in [0.5, 0.6) is 0 Å². The molecule has 0 unspecified atom stereocenters. The number of hydrogen-bond acceptors (Lipinski definition) is 5. The summed E-state index contributed by atoms with van der Waals surface area (Å²) >= 11 is 0. The highest BCUT2D eigenvalue weighted by Crippen LogP contribution is 2.10. The highest BCUT2D eigenvalue weighted by atomic mass is 32.3. The fraction of sp³-hybridized carbons (Fsp3) is 0.929. The molecule has 0 aromatic carbocycles. The van der Waals surface area contributed by atoms with E-state index in [4.69, 9.17) is 9.29 Å². The molecule has 6 nitrogen and oxygen atoms in total. The molecule has 7 heteroatoms. The Balaban J connectivity index is 3.27. The van der Waals surface area contributed by atoms with Crippen LogP contribution in [-0.4, -0.2) is 32.2 Å². The van der Waals surface area contributed by atoms with E-state index in [1.54, 1.807) is 0 Å². The molecule has 0 saturated heterocycles. The molecule has 0 heterocycles. The molecular weight excluding hydrogens is 296 g/mol. The second kappa shape index (κ2) is 13.0. The summed E-state index contributed by atoms with van der Waals surface area (Å²) in [5.74, 6) is -0.364. The maximum atomic E-state index is 11.3. The Bertz CT molecular complexity index is 352. The molecule has 0 atom stereocenters. The molecule has 1 N–H and O–H groups in total. The minimum Gasteiger partial charge on any atom is -0.463 e. The van der Waals surface area contributed by atoms with Crippen molar-refractivity contribution in [1.29, 1.82) is 0 Å². The number of ether oxygens (including phenoxy) is 1. The lowest BCUT2D eigenvalue weighted by Gasteiger charge is -2.04. The highest BCUT2D eigenvalue weighted by Gasteiger charge is 2.06. The first-order valence-corrected chi connectivity index (χ1v) is 9.09. The summed E-state index contributed by atoms with van der Waals surface area (Å²) in [6, 6.07) is 0. The van der Waals surface area contributed by atoms with Gasteiger partial charge in [0.15, 0.2) is 0 Å². The van der Waals surface area contributed by atoms with Gasteiger partial charge in [0.2, 0.25) is 0 Å². The number of unbranched alkanes of at least 4 members (excludes halogenated alkanes) is 8. The highest BCUT2D eigenvalue weighted by molar-refractivity contribution is 7.80. The summed E-state index contributed by atoms with van der Waals surface area (Å²) in [7, 11) is -4.45. The second-order valence-corrected chi connectivity index (χ2v) is 6.14. The first kappa shape index (κ1) is 20.3. The summed E-state index contributed by atoms with van der Waals surface area (Å²) in [5.41, 5.74) is 0. The van der Waals surface area contributed by atoms with Crippen LogP contribution in [0.25, 0.3) is 0 Å². The molecule has 0 fully saturated rings. The van der Waals surface area contributed by atoms with Gasteiger partial charge >= 0.3 is 16.4 Å². The molecule has 126 valence electrons. The standard InChI is InChI=1S/C14H28O6S/c1-2-3-4-5-6-7-8-9-10-11-14(15)19-12-13-20-21(16,17)18/h2-13H2,1H3,(H,16,17,18). The lowest BCUT2D eigenvalue weighted by molar-refractivity contribution is -0.144. The minimum absolute atomic E-state index is 0.171. The first-order valence-electron chi connectivity index (χ1n) is 7.73. The van der Waals surface area contributed by atoms with Gasteiger partial charge in [0, 0.05) is 6.42 Å². The zero-order valence-electron chi connectivity index (χ0n) is 12.9. The van der Waals surface area contributed by atoms with Crippen molar-refractivity contribution in [2.75, 3.05) is 13.2 Å². The van der Waals surface area contributed by atoms with Crippen molar-refractivity contribution in [3.05, 3.63) is 0 Å². The molecule has 0 aliphatic rings. The summed E-state index contributed by atoms with van der Waals surface area (Å²) in [6.07, 6.45) is 10.9. The Morgan fingerprint density at radius 3 is 1.95 bits per heavy atom. The van der Waals surface area contributed by atoms with Crippen LogP contribution in [-0.2, 0) is 24.1 Å². The first-order chi connectivity index (χ1) is 9.95. The molecule has 0 saturated carbocycles. The van der Waals surface area contributed by atoms with Crippen LogP contribution < -0.4 is 0 Å². The van der Waals surface area contributed by atoms with Crippen molar-refractivity contribution in [3.8, 4) is 0 Å². The van der Waals surface area contributed by atoms with Gasteiger partial charge in [-0.15, -0.1) is 0 Å². The summed E-state index contributed by atoms with van der Waals surface area (Å²) in [4.78, 5) is 11.3. The Labute approximate surface area is 128 Å². The normalized spacial score (nSPS) is 11.5. The second-order valence-electron chi connectivity index (χ2n) is 5.05. The molecular formula is C14H28O6S. The van der Waals surface area contributed by atoms with E-state index in [9.17, 15) is 13.2 Å². The number of hydrogen-bond donors (Lipinski definition) is 1. The summed E-state index contributed by atoms with van der Waals surface area (Å²) < 4.78 is 37.5. The molecule has 0 radical (unpaired) electrons. The molecule has 0 bridgehead atoms. The maximum absolute atomic E-state index is 11.3. The SMILES string of the molecule is CCCCCCCCCCCC(=O)OCCOS(=O)(=O)O.